The molecule has 4 rings (SSSR count). The molecule has 16 heavy (non-hydrogen) atoms. The minimum atomic E-state index is 0.638. The number of para-hydroxylation sites is 1. The standard InChI is InChI=1S/C13H11N3/c14-7-9-2-1-3-11-12(9)15-13-8-4-5-10(6-8)16(11)13/h1-3,8,10H,4-6H2. The molecule has 1 fully saturated rings. The third-order valence-electron chi connectivity index (χ3n) is 4.00. The zero-order chi connectivity index (χ0) is 10.7. The highest BCUT2D eigenvalue weighted by Gasteiger charge is 2.39. The van der Waals surface area contributed by atoms with Crippen molar-refractivity contribution in [1.29, 1.82) is 5.26 Å². The van der Waals surface area contributed by atoms with Gasteiger partial charge in [-0.05, 0) is 31.4 Å². The summed E-state index contributed by atoms with van der Waals surface area (Å²) in [6.45, 7) is 0. The number of imidazole rings is 1. The van der Waals surface area contributed by atoms with Gasteiger partial charge in [-0.15, -0.1) is 0 Å². The third kappa shape index (κ3) is 0.817. The van der Waals surface area contributed by atoms with Crippen LogP contribution in [-0.4, -0.2) is 9.55 Å². The number of aromatic nitrogens is 2. The van der Waals surface area contributed by atoms with Gasteiger partial charge in [0.25, 0.3) is 0 Å². The quantitative estimate of drug-likeness (QED) is 0.669. The first-order valence-corrected chi connectivity index (χ1v) is 5.79. The van der Waals surface area contributed by atoms with Crippen molar-refractivity contribution in [3.63, 3.8) is 0 Å². The molecular formula is C13H11N3. The maximum absolute atomic E-state index is 9.07. The van der Waals surface area contributed by atoms with Crippen molar-refractivity contribution in [3.05, 3.63) is 29.6 Å². The first-order valence-electron chi connectivity index (χ1n) is 5.79. The molecule has 0 spiro atoms. The maximum Gasteiger partial charge on any atom is 0.113 e. The minimum Gasteiger partial charge on any atom is -0.325 e. The molecule has 2 heterocycles. The lowest BCUT2D eigenvalue weighted by molar-refractivity contribution is 0.539. The summed E-state index contributed by atoms with van der Waals surface area (Å²) in [5, 5.41) is 9.07. The molecule has 2 unspecified atom stereocenters. The Morgan fingerprint density at radius 3 is 3.19 bits per heavy atom. The summed E-state index contributed by atoms with van der Waals surface area (Å²) in [7, 11) is 0. The van der Waals surface area contributed by atoms with Gasteiger partial charge in [0.1, 0.15) is 17.4 Å². The number of nitriles is 1. The Hall–Kier alpha value is -1.82. The van der Waals surface area contributed by atoms with E-state index in [2.05, 4.69) is 21.7 Å². The van der Waals surface area contributed by atoms with Crippen molar-refractivity contribution in [3.8, 4) is 6.07 Å². The van der Waals surface area contributed by atoms with Gasteiger partial charge in [-0.25, -0.2) is 4.98 Å². The molecular weight excluding hydrogens is 198 g/mol. The molecule has 2 atom stereocenters. The molecule has 3 nitrogen and oxygen atoms in total. The molecule has 0 amide bonds. The summed E-state index contributed by atoms with van der Waals surface area (Å²) in [5.74, 6) is 1.86. The van der Waals surface area contributed by atoms with Gasteiger partial charge >= 0.3 is 0 Å². The van der Waals surface area contributed by atoms with Crippen LogP contribution in [0.2, 0.25) is 0 Å². The van der Waals surface area contributed by atoms with Crippen molar-refractivity contribution in [2.75, 3.05) is 0 Å². The Bertz CT molecular complexity index is 632. The van der Waals surface area contributed by atoms with E-state index in [0.29, 0.717) is 17.5 Å². The van der Waals surface area contributed by atoms with E-state index in [1.54, 1.807) is 0 Å². The Morgan fingerprint density at radius 2 is 2.31 bits per heavy atom. The predicted octanol–water partition coefficient (Wildman–Crippen LogP) is 2.73. The molecule has 2 aliphatic rings. The van der Waals surface area contributed by atoms with Gasteiger partial charge in [-0.1, -0.05) is 6.07 Å². The number of benzene rings is 1. The molecule has 0 N–H and O–H groups in total. The molecule has 1 aromatic carbocycles. The average molecular weight is 209 g/mol. The largest absolute Gasteiger partial charge is 0.325 e. The lowest BCUT2D eigenvalue weighted by atomic mass is 10.1. The number of hydrogen-bond acceptors (Lipinski definition) is 2. The Balaban J connectivity index is 2.12. The molecule has 78 valence electrons. The van der Waals surface area contributed by atoms with Gasteiger partial charge in [-0.3, -0.25) is 0 Å². The van der Waals surface area contributed by atoms with Crippen LogP contribution >= 0.6 is 0 Å². The van der Waals surface area contributed by atoms with E-state index in [0.717, 1.165) is 11.0 Å². The Morgan fingerprint density at radius 1 is 1.38 bits per heavy atom. The molecule has 2 aromatic rings. The van der Waals surface area contributed by atoms with Gasteiger partial charge in [-0.2, -0.15) is 5.26 Å². The Labute approximate surface area is 93.3 Å². The van der Waals surface area contributed by atoms with Crippen molar-refractivity contribution < 1.29 is 0 Å². The van der Waals surface area contributed by atoms with Crippen molar-refractivity contribution in [2.45, 2.75) is 31.2 Å². The predicted molar refractivity (Wildman–Crippen MR) is 60.1 cm³/mol. The summed E-state index contributed by atoms with van der Waals surface area (Å²) in [6, 6.07) is 8.78. The lowest BCUT2D eigenvalue weighted by Crippen LogP contribution is -2.05. The van der Waals surface area contributed by atoms with E-state index >= 15 is 0 Å². The van der Waals surface area contributed by atoms with Crippen LogP contribution in [-0.2, 0) is 0 Å². The van der Waals surface area contributed by atoms with E-state index in [1.165, 1.54) is 25.1 Å². The zero-order valence-electron chi connectivity index (χ0n) is 8.85. The lowest BCUT2D eigenvalue weighted by Gasteiger charge is -2.13. The summed E-state index contributed by atoms with van der Waals surface area (Å²) in [6.07, 6.45) is 3.81. The van der Waals surface area contributed by atoms with Crippen LogP contribution in [0.3, 0.4) is 0 Å². The van der Waals surface area contributed by atoms with Crippen LogP contribution in [0.5, 0.6) is 0 Å². The second-order valence-electron chi connectivity index (χ2n) is 4.79. The fraction of sp³-hybridized carbons (Fsp3) is 0.385. The van der Waals surface area contributed by atoms with Crippen LogP contribution in [0.15, 0.2) is 18.2 Å². The van der Waals surface area contributed by atoms with Crippen LogP contribution in [0.1, 0.15) is 42.6 Å². The maximum atomic E-state index is 9.07. The van der Waals surface area contributed by atoms with E-state index < -0.39 is 0 Å². The fourth-order valence-electron chi connectivity index (χ4n) is 3.32. The molecule has 0 saturated heterocycles. The summed E-state index contributed by atoms with van der Waals surface area (Å²) in [4.78, 5) is 4.69. The van der Waals surface area contributed by atoms with E-state index in [9.17, 15) is 0 Å². The van der Waals surface area contributed by atoms with Gasteiger partial charge in [0.15, 0.2) is 0 Å². The second-order valence-corrected chi connectivity index (χ2v) is 4.79. The van der Waals surface area contributed by atoms with Crippen molar-refractivity contribution in [2.24, 2.45) is 0 Å². The normalized spacial score (nSPS) is 25.9. The SMILES string of the molecule is N#Cc1cccc2c1nc1n2C2CCC1C2. The number of rotatable bonds is 0. The van der Waals surface area contributed by atoms with E-state index in [1.807, 2.05) is 12.1 Å². The fourth-order valence-corrected chi connectivity index (χ4v) is 3.32. The zero-order valence-corrected chi connectivity index (χ0v) is 8.85. The highest BCUT2D eigenvalue weighted by Crippen LogP contribution is 2.49. The van der Waals surface area contributed by atoms with Gasteiger partial charge < -0.3 is 4.57 Å². The second kappa shape index (κ2) is 2.65. The van der Waals surface area contributed by atoms with Gasteiger partial charge in [0.05, 0.1) is 11.1 Å². The summed E-state index contributed by atoms with van der Waals surface area (Å²) in [5.41, 5.74) is 2.76. The first-order chi connectivity index (χ1) is 7.88. The molecule has 0 radical (unpaired) electrons. The number of hydrogen-bond donors (Lipinski definition) is 0. The van der Waals surface area contributed by atoms with Crippen molar-refractivity contribution >= 4 is 11.0 Å². The van der Waals surface area contributed by atoms with Crippen molar-refractivity contribution in [1.82, 2.24) is 9.55 Å². The summed E-state index contributed by atoms with van der Waals surface area (Å²) >= 11 is 0. The number of fused-ring (bicyclic) bond motifs is 7. The third-order valence-corrected chi connectivity index (χ3v) is 4.00. The molecule has 1 saturated carbocycles. The van der Waals surface area contributed by atoms with Crippen LogP contribution < -0.4 is 0 Å². The van der Waals surface area contributed by atoms with Gasteiger partial charge in [0, 0.05) is 12.0 Å². The molecule has 1 aliphatic heterocycles. The minimum absolute atomic E-state index is 0.638. The van der Waals surface area contributed by atoms with Gasteiger partial charge in [0.2, 0.25) is 0 Å². The topological polar surface area (TPSA) is 41.6 Å². The van der Waals surface area contributed by atoms with E-state index in [-0.39, 0.29) is 0 Å². The van der Waals surface area contributed by atoms with Crippen LogP contribution in [0.25, 0.3) is 11.0 Å². The van der Waals surface area contributed by atoms with E-state index in [4.69, 9.17) is 5.26 Å². The number of nitrogens with zero attached hydrogens (tertiary/aromatic N) is 3. The smallest absolute Gasteiger partial charge is 0.113 e. The molecule has 3 heteroatoms. The molecule has 1 aliphatic carbocycles. The monoisotopic (exact) mass is 209 g/mol. The molecule has 2 bridgehead atoms. The van der Waals surface area contributed by atoms with Crippen LogP contribution in [0, 0.1) is 11.3 Å². The highest BCUT2D eigenvalue weighted by molar-refractivity contribution is 5.82. The Kier molecular flexibility index (Phi) is 1.38. The van der Waals surface area contributed by atoms with Crippen LogP contribution in [0.4, 0.5) is 0 Å². The first kappa shape index (κ1) is 8.35. The summed E-state index contributed by atoms with van der Waals surface area (Å²) < 4.78 is 2.37. The average Bonchev–Trinajstić information content (AvgIpc) is 2.98. The molecule has 1 aromatic heterocycles. The highest BCUT2D eigenvalue weighted by atomic mass is 15.2.